The molecule has 0 saturated carbocycles. The molecule has 1 saturated heterocycles. The molecular weight excluding hydrogens is 252 g/mol. The number of nitrogens with one attached hydrogen (secondary N) is 1. The van der Waals surface area contributed by atoms with Crippen LogP contribution in [0.5, 0.6) is 5.75 Å². The minimum atomic E-state index is 0.174. The second kappa shape index (κ2) is 6.92. The Morgan fingerprint density at radius 3 is 3.06 bits per heavy atom. The van der Waals surface area contributed by atoms with E-state index in [1.807, 2.05) is 0 Å². The number of hydrogen-bond donors (Lipinski definition) is 1. The zero-order valence-corrected chi connectivity index (χ0v) is 11.3. The maximum Gasteiger partial charge on any atom is 0.139 e. The lowest BCUT2D eigenvalue weighted by Crippen LogP contribution is -2.28. The molecule has 0 bridgehead atoms. The van der Waals surface area contributed by atoms with Gasteiger partial charge in [0, 0.05) is 18.8 Å². The summed E-state index contributed by atoms with van der Waals surface area (Å²) in [4.78, 5) is 3.98. The molecule has 2 unspecified atom stereocenters. The summed E-state index contributed by atoms with van der Waals surface area (Å²) in [6, 6.07) is 1.76. The van der Waals surface area contributed by atoms with Crippen LogP contribution in [-0.4, -0.2) is 36.9 Å². The van der Waals surface area contributed by atoms with Crippen molar-refractivity contribution in [2.45, 2.75) is 32.0 Å². The van der Waals surface area contributed by atoms with Crippen LogP contribution in [-0.2, 0) is 4.74 Å². The van der Waals surface area contributed by atoms with E-state index in [-0.39, 0.29) is 6.10 Å². The molecule has 0 spiro atoms. The smallest absolute Gasteiger partial charge is 0.139 e. The van der Waals surface area contributed by atoms with Crippen molar-refractivity contribution in [2.24, 2.45) is 0 Å². The second-order valence-electron chi connectivity index (χ2n) is 4.41. The molecule has 0 amide bonds. The number of likely N-dealkylation sites (N-methyl/N-ethyl adjacent to an activating group) is 1. The predicted molar refractivity (Wildman–Crippen MR) is 71.2 cm³/mol. The fraction of sp³-hybridized carbons (Fsp3) is 0.615. The van der Waals surface area contributed by atoms with Crippen molar-refractivity contribution in [2.75, 3.05) is 19.7 Å². The first-order valence-corrected chi connectivity index (χ1v) is 6.75. The van der Waals surface area contributed by atoms with Gasteiger partial charge >= 0.3 is 0 Å². The first kappa shape index (κ1) is 13.6. The van der Waals surface area contributed by atoms with Crippen molar-refractivity contribution >= 4 is 11.6 Å². The van der Waals surface area contributed by atoms with Gasteiger partial charge in [0.2, 0.25) is 0 Å². The normalized spacial score (nSPS) is 23.2. The van der Waals surface area contributed by atoms with E-state index in [0.717, 1.165) is 25.9 Å². The molecule has 1 fully saturated rings. The van der Waals surface area contributed by atoms with Crippen LogP contribution < -0.4 is 10.1 Å². The van der Waals surface area contributed by atoms with E-state index in [0.29, 0.717) is 23.5 Å². The SMILES string of the molecule is CCNCC1CCC(COc2cncc(Cl)c2)O1. The van der Waals surface area contributed by atoms with Crippen LogP contribution in [0.15, 0.2) is 18.5 Å². The number of halogens is 1. The standard InChI is InChI=1S/C13H19ClN2O2/c1-2-15-7-11-3-4-12(18-11)9-17-13-5-10(14)6-16-8-13/h5-6,8,11-12,15H,2-4,7,9H2,1H3. The maximum absolute atomic E-state index is 5.87. The monoisotopic (exact) mass is 270 g/mol. The molecule has 0 radical (unpaired) electrons. The fourth-order valence-electron chi connectivity index (χ4n) is 2.02. The summed E-state index contributed by atoms with van der Waals surface area (Å²) in [5.41, 5.74) is 0. The van der Waals surface area contributed by atoms with Gasteiger partial charge in [-0.1, -0.05) is 18.5 Å². The van der Waals surface area contributed by atoms with Gasteiger partial charge in [0.25, 0.3) is 0 Å². The molecular formula is C13H19ClN2O2. The van der Waals surface area contributed by atoms with Crippen LogP contribution in [0.25, 0.3) is 0 Å². The molecule has 2 atom stereocenters. The molecule has 2 heterocycles. The van der Waals surface area contributed by atoms with Crippen LogP contribution in [0.4, 0.5) is 0 Å². The number of nitrogens with zero attached hydrogens (tertiary/aromatic N) is 1. The molecule has 0 aromatic carbocycles. The number of ether oxygens (including phenoxy) is 2. The lowest BCUT2D eigenvalue weighted by atomic mass is 10.2. The van der Waals surface area contributed by atoms with Crippen molar-refractivity contribution < 1.29 is 9.47 Å². The maximum atomic E-state index is 5.87. The lowest BCUT2D eigenvalue weighted by molar-refractivity contribution is 0.0187. The molecule has 4 nitrogen and oxygen atoms in total. The van der Waals surface area contributed by atoms with E-state index in [4.69, 9.17) is 21.1 Å². The summed E-state index contributed by atoms with van der Waals surface area (Å²) in [5, 5.41) is 3.89. The third-order valence-electron chi connectivity index (χ3n) is 2.93. The molecule has 1 aromatic rings. The van der Waals surface area contributed by atoms with Crippen LogP contribution >= 0.6 is 11.6 Å². The Bertz CT molecular complexity index is 376. The van der Waals surface area contributed by atoms with Gasteiger partial charge in [-0.25, -0.2) is 0 Å². The minimum absolute atomic E-state index is 0.174. The number of aromatic nitrogens is 1. The second-order valence-corrected chi connectivity index (χ2v) is 4.85. The van der Waals surface area contributed by atoms with E-state index in [1.54, 1.807) is 18.5 Å². The summed E-state index contributed by atoms with van der Waals surface area (Å²) in [7, 11) is 0. The third-order valence-corrected chi connectivity index (χ3v) is 3.14. The molecule has 1 N–H and O–H groups in total. The van der Waals surface area contributed by atoms with E-state index < -0.39 is 0 Å². The quantitative estimate of drug-likeness (QED) is 0.861. The van der Waals surface area contributed by atoms with Gasteiger partial charge < -0.3 is 14.8 Å². The van der Waals surface area contributed by atoms with Gasteiger partial charge in [0.1, 0.15) is 12.4 Å². The lowest BCUT2D eigenvalue weighted by Gasteiger charge is -2.14. The molecule has 1 aliphatic heterocycles. The summed E-state index contributed by atoms with van der Waals surface area (Å²) >= 11 is 5.84. The van der Waals surface area contributed by atoms with Gasteiger partial charge in [0.05, 0.1) is 23.4 Å². The van der Waals surface area contributed by atoms with Crippen molar-refractivity contribution in [1.29, 1.82) is 0 Å². The van der Waals surface area contributed by atoms with Crippen LogP contribution in [0.3, 0.4) is 0 Å². The Balaban J connectivity index is 1.72. The Labute approximate surface area is 113 Å². The minimum Gasteiger partial charge on any atom is -0.489 e. The summed E-state index contributed by atoms with van der Waals surface area (Å²) < 4.78 is 11.5. The highest BCUT2D eigenvalue weighted by Gasteiger charge is 2.25. The molecule has 100 valence electrons. The predicted octanol–water partition coefficient (Wildman–Crippen LogP) is 2.27. The molecule has 1 aromatic heterocycles. The summed E-state index contributed by atoms with van der Waals surface area (Å²) in [6.45, 7) is 4.56. The van der Waals surface area contributed by atoms with Crippen molar-refractivity contribution in [1.82, 2.24) is 10.3 Å². The Kier molecular flexibility index (Phi) is 5.23. The zero-order valence-electron chi connectivity index (χ0n) is 10.6. The average molecular weight is 271 g/mol. The van der Waals surface area contributed by atoms with Crippen LogP contribution in [0, 0.1) is 0 Å². The highest BCUT2D eigenvalue weighted by molar-refractivity contribution is 6.30. The largest absolute Gasteiger partial charge is 0.489 e. The van der Waals surface area contributed by atoms with E-state index in [9.17, 15) is 0 Å². The van der Waals surface area contributed by atoms with Crippen molar-refractivity contribution in [3.63, 3.8) is 0 Å². The first-order valence-electron chi connectivity index (χ1n) is 6.37. The van der Waals surface area contributed by atoms with E-state index in [2.05, 4.69) is 17.2 Å². The number of hydrogen-bond acceptors (Lipinski definition) is 4. The Hall–Kier alpha value is -0.840. The highest BCUT2D eigenvalue weighted by Crippen LogP contribution is 2.21. The Morgan fingerprint density at radius 1 is 1.44 bits per heavy atom. The zero-order chi connectivity index (χ0) is 12.8. The van der Waals surface area contributed by atoms with Gasteiger partial charge in [-0.15, -0.1) is 0 Å². The molecule has 18 heavy (non-hydrogen) atoms. The average Bonchev–Trinajstić information content (AvgIpc) is 2.82. The molecule has 2 rings (SSSR count). The molecule has 0 aliphatic carbocycles. The molecule has 1 aliphatic rings. The summed E-state index contributed by atoms with van der Waals surface area (Å²) in [6.07, 6.45) is 5.88. The number of pyridine rings is 1. The van der Waals surface area contributed by atoms with E-state index in [1.165, 1.54) is 0 Å². The van der Waals surface area contributed by atoms with E-state index >= 15 is 0 Å². The van der Waals surface area contributed by atoms with Crippen LogP contribution in [0.1, 0.15) is 19.8 Å². The van der Waals surface area contributed by atoms with Gasteiger partial charge in [0.15, 0.2) is 0 Å². The Morgan fingerprint density at radius 2 is 2.28 bits per heavy atom. The number of rotatable bonds is 6. The topological polar surface area (TPSA) is 43.4 Å². The third kappa shape index (κ3) is 4.12. The van der Waals surface area contributed by atoms with Gasteiger partial charge in [-0.05, 0) is 19.4 Å². The van der Waals surface area contributed by atoms with Crippen molar-refractivity contribution in [3.05, 3.63) is 23.5 Å². The fourth-order valence-corrected chi connectivity index (χ4v) is 2.18. The van der Waals surface area contributed by atoms with Gasteiger partial charge in [-0.2, -0.15) is 0 Å². The first-order chi connectivity index (χ1) is 8.78. The van der Waals surface area contributed by atoms with Crippen LogP contribution in [0.2, 0.25) is 5.02 Å². The summed E-state index contributed by atoms with van der Waals surface area (Å²) in [5.74, 6) is 0.696. The van der Waals surface area contributed by atoms with Gasteiger partial charge in [-0.3, -0.25) is 4.98 Å². The highest BCUT2D eigenvalue weighted by atomic mass is 35.5. The molecule has 5 heteroatoms. The van der Waals surface area contributed by atoms with Crippen molar-refractivity contribution in [3.8, 4) is 5.75 Å².